The average Bonchev–Trinajstić information content (AvgIpc) is 3.65. The first-order valence-electron chi connectivity index (χ1n) is 12.7. The number of nitrogens with zero attached hydrogens (tertiary/aromatic N) is 2. The number of alkyl halides is 3. The van der Waals surface area contributed by atoms with Gasteiger partial charge >= 0.3 is 6.18 Å². The lowest BCUT2D eigenvalue weighted by Gasteiger charge is -2.22. The first kappa shape index (κ1) is 25.9. The Morgan fingerprint density at radius 2 is 1.97 bits per heavy atom. The van der Waals surface area contributed by atoms with Gasteiger partial charge in [0.25, 0.3) is 5.91 Å². The highest BCUT2D eigenvalue weighted by molar-refractivity contribution is 5.96. The number of aryl methyl sites for hydroxylation is 1. The van der Waals surface area contributed by atoms with E-state index in [1.165, 1.54) is 24.3 Å². The van der Waals surface area contributed by atoms with Crippen LogP contribution in [-0.2, 0) is 12.7 Å². The molecule has 0 spiro atoms. The maximum absolute atomic E-state index is 13.9. The lowest BCUT2D eigenvalue weighted by molar-refractivity contribution is -0.140. The molecule has 2 aromatic carbocycles. The molecule has 198 valence electrons. The van der Waals surface area contributed by atoms with E-state index in [4.69, 9.17) is 5.41 Å². The van der Waals surface area contributed by atoms with Crippen molar-refractivity contribution in [1.29, 1.82) is 5.41 Å². The number of amidine groups is 1. The van der Waals surface area contributed by atoms with E-state index in [1.807, 2.05) is 4.90 Å². The molecule has 1 aliphatic heterocycles. The first-order chi connectivity index (χ1) is 18.1. The largest absolute Gasteiger partial charge is 0.433 e. The summed E-state index contributed by atoms with van der Waals surface area (Å²) in [6, 6.07) is 12.0. The zero-order chi connectivity index (χ0) is 27.0. The van der Waals surface area contributed by atoms with Gasteiger partial charge in [0.05, 0.1) is 11.9 Å². The predicted octanol–water partition coefficient (Wildman–Crippen LogP) is 6.67. The van der Waals surface area contributed by atoms with Crippen molar-refractivity contribution in [2.75, 3.05) is 6.54 Å². The number of hydrogen-bond acceptors (Lipinski definition) is 3. The van der Waals surface area contributed by atoms with E-state index < -0.39 is 17.8 Å². The summed E-state index contributed by atoms with van der Waals surface area (Å²) >= 11 is 0. The van der Waals surface area contributed by atoms with Crippen LogP contribution in [-0.4, -0.2) is 28.2 Å². The van der Waals surface area contributed by atoms with Crippen molar-refractivity contribution in [3.05, 3.63) is 88.5 Å². The van der Waals surface area contributed by atoms with Crippen LogP contribution in [0.15, 0.2) is 54.7 Å². The third kappa shape index (κ3) is 5.56. The number of nitrogens with one attached hydrogen (secondary N) is 2. The van der Waals surface area contributed by atoms with Crippen molar-refractivity contribution in [2.24, 2.45) is 5.92 Å². The van der Waals surface area contributed by atoms with E-state index >= 15 is 0 Å². The van der Waals surface area contributed by atoms with Gasteiger partial charge in [-0.3, -0.25) is 15.2 Å². The summed E-state index contributed by atoms with van der Waals surface area (Å²) in [5.41, 5.74) is 1.25. The second-order valence-electron chi connectivity index (χ2n) is 10.1. The van der Waals surface area contributed by atoms with E-state index in [2.05, 4.69) is 10.3 Å². The van der Waals surface area contributed by atoms with E-state index in [0.717, 1.165) is 31.0 Å². The molecule has 2 fully saturated rings. The van der Waals surface area contributed by atoms with Crippen LogP contribution in [0.3, 0.4) is 0 Å². The number of halogens is 4. The van der Waals surface area contributed by atoms with Crippen molar-refractivity contribution in [3.63, 3.8) is 0 Å². The van der Waals surface area contributed by atoms with Gasteiger partial charge in [0, 0.05) is 36.8 Å². The normalized spacial score (nSPS) is 16.6. The van der Waals surface area contributed by atoms with Crippen LogP contribution >= 0.6 is 0 Å². The standard InChI is InChI=1S/C29H28F4N4O/c1-17-12-20(8-9-24(17)30)26(19-6-7-19)36-28(38)22-14-18(16-37-11-3-5-25(37)34)13-21(15-22)23-4-2-10-35-27(23)29(31,32)33/h2,4,8-10,12-15,19,26,34H,3,5-7,11,16H2,1H3,(H,36,38). The molecule has 1 unspecified atom stereocenters. The van der Waals surface area contributed by atoms with Crippen molar-refractivity contribution < 1.29 is 22.4 Å². The van der Waals surface area contributed by atoms with E-state index in [-0.39, 0.29) is 34.5 Å². The molecule has 2 N–H and O–H groups in total. The number of carbonyl (C=O) groups excluding carboxylic acids is 1. The summed E-state index contributed by atoms with van der Waals surface area (Å²) in [6.45, 7) is 2.67. The second-order valence-corrected chi connectivity index (χ2v) is 10.1. The maximum Gasteiger partial charge on any atom is 0.433 e. The van der Waals surface area contributed by atoms with Crippen LogP contribution in [0.25, 0.3) is 11.1 Å². The summed E-state index contributed by atoms with van der Waals surface area (Å²) in [6.07, 6.45) is -0.229. The molecule has 38 heavy (non-hydrogen) atoms. The van der Waals surface area contributed by atoms with E-state index in [0.29, 0.717) is 36.5 Å². The van der Waals surface area contributed by atoms with E-state index in [1.54, 1.807) is 31.2 Å². The molecule has 2 aliphatic rings. The minimum absolute atomic E-state index is 0.111. The number of aromatic nitrogens is 1. The van der Waals surface area contributed by atoms with Gasteiger partial charge in [-0.1, -0.05) is 18.2 Å². The molecule has 5 rings (SSSR count). The van der Waals surface area contributed by atoms with Crippen molar-refractivity contribution >= 4 is 11.7 Å². The molecule has 2 heterocycles. The quantitative estimate of drug-likeness (QED) is 0.339. The molecule has 1 aliphatic carbocycles. The minimum atomic E-state index is -4.66. The molecular formula is C29H28F4N4O. The van der Waals surface area contributed by atoms with Crippen LogP contribution in [0, 0.1) is 24.1 Å². The highest BCUT2D eigenvalue weighted by Crippen LogP contribution is 2.42. The summed E-state index contributed by atoms with van der Waals surface area (Å²) in [5.74, 6) is -0.0526. The topological polar surface area (TPSA) is 69.1 Å². The Morgan fingerprint density at radius 3 is 2.63 bits per heavy atom. The first-order valence-corrected chi connectivity index (χ1v) is 12.7. The van der Waals surface area contributed by atoms with Crippen molar-refractivity contribution in [2.45, 2.75) is 51.4 Å². The Labute approximate surface area is 218 Å². The van der Waals surface area contributed by atoms with Crippen LogP contribution in [0.2, 0.25) is 0 Å². The molecule has 1 amide bonds. The van der Waals surface area contributed by atoms with Gasteiger partial charge < -0.3 is 10.2 Å². The Balaban J connectivity index is 1.52. The number of hydrogen-bond donors (Lipinski definition) is 2. The Bertz CT molecular complexity index is 1380. The second kappa shape index (κ2) is 10.2. The van der Waals surface area contributed by atoms with Crippen molar-refractivity contribution in [3.8, 4) is 11.1 Å². The Kier molecular flexibility index (Phi) is 6.94. The van der Waals surface area contributed by atoms with Gasteiger partial charge in [0.1, 0.15) is 5.82 Å². The Hall–Kier alpha value is -3.75. The lowest BCUT2D eigenvalue weighted by Crippen LogP contribution is -2.30. The third-order valence-electron chi connectivity index (χ3n) is 7.16. The van der Waals surface area contributed by atoms with Crippen LogP contribution < -0.4 is 5.32 Å². The number of likely N-dealkylation sites (tertiary alicyclic amines) is 1. The lowest BCUT2D eigenvalue weighted by atomic mass is 9.96. The number of amides is 1. The maximum atomic E-state index is 13.9. The number of rotatable bonds is 7. The minimum Gasteiger partial charge on any atom is -0.356 e. The predicted molar refractivity (Wildman–Crippen MR) is 136 cm³/mol. The summed E-state index contributed by atoms with van der Waals surface area (Å²) in [5, 5.41) is 11.2. The average molecular weight is 525 g/mol. The van der Waals surface area contributed by atoms with Gasteiger partial charge in [-0.25, -0.2) is 4.39 Å². The van der Waals surface area contributed by atoms with Gasteiger partial charge in [-0.2, -0.15) is 13.2 Å². The highest BCUT2D eigenvalue weighted by Gasteiger charge is 2.36. The van der Waals surface area contributed by atoms with Gasteiger partial charge in [0.15, 0.2) is 5.69 Å². The number of carbonyl (C=O) groups is 1. The van der Waals surface area contributed by atoms with Crippen LogP contribution in [0.5, 0.6) is 0 Å². The molecule has 1 aromatic heterocycles. The van der Waals surface area contributed by atoms with Gasteiger partial charge in [0.2, 0.25) is 0 Å². The smallest absolute Gasteiger partial charge is 0.356 e. The zero-order valence-corrected chi connectivity index (χ0v) is 20.9. The molecule has 5 nitrogen and oxygen atoms in total. The van der Waals surface area contributed by atoms with Crippen LogP contribution in [0.1, 0.15) is 64.5 Å². The monoisotopic (exact) mass is 524 g/mol. The molecule has 1 saturated heterocycles. The molecule has 9 heteroatoms. The van der Waals surface area contributed by atoms with E-state index in [9.17, 15) is 22.4 Å². The number of pyridine rings is 1. The summed E-state index contributed by atoms with van der Waals surface area (Å²) in [7, 11) is 0. The molecule has 0 radical (unpaired) electrons. The van der Waals surface area contributed by atoms with Crippen LogP contribution in [0.4, 0.5) is 17.6 Å². The van der Waals surface area contributed by atoms with Crippen molar-refractivity contribution in [1.82, 2.24) is 15.2 Å². The summed E-state index contributed by atoms with van der Waals surface area (Å²) < 4.78 is 55.2. The molecule has 3 aromatic rings. The number of benzene rings is 2. The molecule has 1 atom stereocenters. The fourth-order valence-electron chi connectivity index (χ4n) is 5.05. The SMILES string of the molecule is Cc1cc(C(NC(=O)c2cc(CN3CCCC3=N)cc(-c3cccnc3C(F)(F)F)c2)C2CC2)ccc1F. The summed E-state index contributed by atoms with van der Waals surface area (Å²) in [4.78, 5) is 19.0. The Morgan fingerprint density at radius 1 is 1.18 bits per heavy atom. The van der Waals surface area contributed by atoms with Gasteiger partial charge in [-0.05, 0) is 84.7 Å². The molecular weight excluding hydrogens is 496 g/mol. The van der Waals surface area contributed by atoms with Gasteiger partial charge in [-0.15, -0.1) is 0 Å². The highest BCUT2D eigenvalue weighted by atomic mass is 19.4. The molecule has 0 bridgehead atoms. The fourth-order valence-corrected chi connectivity index (χ4v) is 5.05. The fraction of sp³-hybridized carbons (Fsp3) is 0.345. The molecule has 1 saturated carbocycles. The zero-order valence-electron chi connectivity index (χ0n) is 20.9. The third-order valence-corrected chi connectivity index (χ3v) is 7.16.